The molecule has 1 unspecified atom stereocenters. The standard InChI is InChI=1S/C10H24N2O2/c1-10(9-13)8-11-4-5-12(2)6-7-14-3/h10-11,13H,4-9H2,1-3H3. The molecule has 4 nitrogen and oxygen atoms in total. The van der Waals surface area contributed by atoms with Gasteiger partial charge in [-0.25, -0.2) is 0 Å². The number of aliphatic hydroxyl groups excluding tert-OH is 1. The van der Waals surface area contributed by atoms with Crippen molar-refractivity contribution >= 4 is 0 Å². The molecule has 0 aromatic rings. The second-order valence-electron chi connectivity index (χ2n) is 3.79. The summed E-state index contributed by atoms with van der Waals surface area (Å²) in [5.74, 6) is 0.347. The van der Waals surface area contributed by atoms with Gasteiger partial charge in [-0.3, -0.25) is 0 Å². The van der Waals surface area contributed by atoms with E-state index in [9.17, 15) is 0 Å². The normalized spacial score (nSPS) is 13.5. The Hall–Kier alpha value is -0.160. The number of hydrogen-bond donors (Lipinski definition) is 2. The molecule has 0 aliphatic heterocycles. The summed E-state index contributed by atoms with van der Waals surface area (Å²) in [6.07, 6.45) is 0. The molecule has 14 heavy (non-hydrogen) atoms. The molecule has 0 saturated carbocycles. The molecule has 0 aliphatic carbocycles. The van der Waals surface area contributed by atoms with Crippen molar-refractivity contribution in [2.45, 2.75) is 6.92 Å². The topological polar surface area (TPSA) is 44.7 Å². The summed E-state index contributed by atoms with van der Waals surface area (Å²) in [5.41, 5.74) is 0. The molecule has 0 bridgehead atoms. The molecule has 0 rings (SSSR count). The van der Waals surface area contributed by atoms with Crippen molar-refractivity contribution in [3.05, 3.63) is 0 Å². The third-order valence-corrected chi connectivity index (χ3v) is 2.15. The van der Waals surface area contributed by atoms with Crippen molar-refractivity contribution < 1.29 is 9.84 Å². The Balaban J connectivity index is 3.18. The number of rotatable bonds is 9. The molecule has 0 amide bonds. The third-order valence-electron chi connectivity index (χ3n) is 2.15. The molecular formula is C10H24N2O2. The number of nitrogens with one attached hydrogen (secondary N) is 1. The van der Waals surface area contributed by atoms with Gasteiger partial charge in [0, 0.05) is 33.4 Å². The van der Waals surface area contributed by atoms with Gasteiger partial charge in [-0.05, 0) is 19.5 Å². The van der Waals surface area contributed by atoms with Crippen molar-refractivity contribution in [2.24, 2.45) is 5.92 Å². The van der Waals surface area contributed by atoms with E-state index in [-0.39, 0.29) is 6.61 Å². The van der Waals surface area contributed by atoms with Crippen LogP contribution in [0.2, 0.25) is 0 Å². The lowest BCUT2D eigenvalue weighted by molar-refractivity contribution is 0.161. The number of likely N-dealkylation sites (N-methyl/N-ethyl adjacent to an activating group) is 1. The smallest absolute Gasteiger partial charge is 0.0589 e. The van der Waals surface area contributed by atoms with E-state index in [1.54, 1.807) is 7.11 Å². The SMILES string of the molecule is COCCN(C)CCNCC(C)CO. The van der Waals surface area contributed by atoms with Crippen LogP contribution in [0, 0.1) is 5.92 Å². The highest BCUT2D eigenvalue weighted by Gasteiger charge is 2.00. The molecule has 0 fully saturated rings. The van der Waals surface area contributed by atoms with Gasteiger partial charge >= 0.3 is 0 Å². The molecule has 0 saturated heterocycles. The molecule has 86 valence electrons. The summed E-state index contributed by atoms with van der Waals surface area (Å²) < 4.78 is 4.98. The molecule has 1 atom stereocenters. The van der Waals surface area contributed by atoms with Gasteiger partial charge in [0.1, 0.15) is 0 Å². The highest BCUT2D eigenvalue weighted by atomic mass is 16.5. The number of methoxy groups -OCH3 is 1. The zero-order valence-corrected chi connectivity index (χ0v) is 9.62. The van der Waals surface area contributed by atoms with Crippen LogP contribution >= 0.6 is 0 Å². The van der Waals surface area contributed by atoms with E-state index in [1.165, 1.54) is 0 Å². The minimum Gasteiger partial charge on any atom is -0.396 e. The summed E-state index contributed by atoms with van der Waals surface area (Å²) in [4.78, 5) is 2.22. The Labute approximate surface area is 87.2 Å². The van der Waals surface area contributed by atoms with Crippen molar-refractivity contribution in [3.8, 4) is 0 Å². The van der Waals surface area contributed by atoms with Crippen molar-refractivity contribution in [3.63, 3.8) is 0 Å². The van der Waals surface area contributed by atoms with Crippen molar-refractivity contribution in [2.75, 3.05) is 53.6 Å². The number of nitrogens with zero attached hydrogens (tertiary/aromatic N) is 1. The zero-order chi connectivity index (χ0) is 10.8. The molecule has 0 heterocycles. The van der Waals surface area contributed by atoms with E-state index in [4.69, 9.17) is 9.84 Å². The van der Waals surface area contributed by atoms with Gasteiger partial charge in [0.25, 0.3) is 0 Å². The van der Waals surface area contributed by atoms with Gasteiger partial charge in [0.15, 0.2) is 0 Å². The highest BCUT2D eigenvalue weighted by molar-refractivity contribution is 4.58. The first-order valence-corrected chi connectivity index (χ1v) is 5.19. The summed E-state index contributed by atoms with van der Waals surface area (Å²) in [5, 5.41) is 12.1. The van der Waals surface area contributed by atoms with Gasteiger partial charge < -0.3 is 20.1 Å². The van der Waals surface area contributed by atoms with Gasteiger partial charge in [-0.2, -0.15) is 0 Å². The van der Waals surface area contributed by atoms with Crippen LogP contribution < -0.4 is 5.32 Å². The van der Waals surface area contributed by atoms with Crippen LogP contribution in [-0.2, 0) is 4.74 Å². The van der Waals surface area contributed by atoms with Crippen LogP contribution in [0.1, 0.15) is 6.92 Å². The minimum absolute atomic E-state index is 0.256. The number of ether oxygens (including phenoxy) is 1. The number of aliphatic hydroxyl groups is 1. The van der Waals surface area contributed by atoms with Crippen LogP contribution in [0.3, 0.4) is 0 Å². The predicted molar refractivity (Wildman–Crippen MR) is 58.5 cm³/mol. The molecule has 0 aromatic carbocycles. The van der Waals surface area contributed by atoms with E-state index in [1.807, 2.05) is 6.92 Å². The maximum Gasteiger partial charge on any atom is 0.0589 e. The van der Waals surface area contributed by atoms with E-state index >= 15 is 0 Å². The fraction of sp³-hybridized carbons (Fsp3) is 1.00. The second kappa shape index (κ2) is 9.40. The van der Waals surface area contributed by atoms with E-state index in [2.05, 4.69) is 17.3 Å². The van der Waals surface area contributed by atoms with Crippen LogP contribution in [0.15, 0.2) is 0 Å². The quantitative estimate of drug-likeness (QED) is 0.510. The predicted octanol–water partition coefficient (Wildman–Crippen LogP) is -0.217. The van der Waals surface area contributed by atoms with Crippen LogP contribution in [-0.4, -0.2) is 63.6 Å². The Morgan fingerprint density at radius 3 is 2.71 bits per heavy atom. The maximum atomic E-state index is 8.79. The highest BCUT2D eigenvalue weighted by Crippen LogP contribution is 1.88. The first kappa shape index (κ1) is 13.8. The third kappa shape index (κ3) is 8.44. The van der Waals surface area contributed by atoms with Crippen LogP contribution in [0.5, 0.6) is 0 Å². The van der Waals surface area contributed by atoms with Crippen LogP contribution in [0.4, 0.5) is 0 Å². The van der Waals surface area contributed by atoms with Gasteiger partial charge in [0.05, 0.1) is 6.61 Å². The average Bonchev–Trinajstić information content (AvgIpc) is 2.21. The fourth-order valence-electron chi connectivity index (χ4n) is 1.04. The van der Waals surface area contributed by atoms with E-state index < -0.39 is 0 Å². The van der Waals surface area contributed by atoms with E-state index in [0.29, 0.717) is 5.92 Å². The molecular weight excluding hydrogens is 180 g/mol. The van der Waals surface area contributed by atoms with Gasteiger partial charge in [0.2, 0.25) is 0 Å². The Morgan fingerprint density at radius 1 is 1.43 bits per heavy atom. The Morgan fingerprint density at radius 2 is 2.14 bits per heavy atom. The molecule has 0 aromatic heterocycles. The maximum absolute atomic E-state index is 8.79. The zero-order valence-electron chi connectivity index (χ0n) is 9.62. The van der Waals surface area contributed by atoms with Crippen LogP contribution in [0.25, 0.3) is 0 Å². The van der Waals surface area contributed by atoms with Crippen molar-refractivity contribution in [1.82, 2.24) is 10.2 Å². The molecule has 0 radical (unpaired) electrons. The molecule has 2 N–H and O–H groups in total. The summed E-state index contributed by atoms with van der Waals surface area (Å²) in [6, 6.07) is 0. The summed E-state index contributed by atoms with van der Waals surface area (Å²) >= 11 is 0. The lowest BCUT2D eigenvalue weighted by Crippen LogP contribution is -2.33. The summed E-state index contributed by atoms with van der Waals surface area (Å²) in [6.45, 7) is 6.89. The number of hydrogen-bond acceptors (Lipinski definition) is 4. The largest absolute Gasteiger partial charge is 0.396 e. The minimum atomic E-state index is 0.256. The van der Waals surface area contributed by atoms with Gasteiger partial charge in [-0.1, -0.05) is 6.92 Å². The molecule has 4 heteroatoms. The molecule has 0 spiro atoms. The first-order chi connectivity index (χ1) is 6.70. The monoisotopic (exact) mass is 204 g/mol. The Kier molecular flexibility index (Phi) is 9.29. The van der Waals surface area contributed by atoms with Crippen molar-refractivity contribution in [1.29, 1.82) is 0 Å². The first-order valence-electron chi connectivity index (χ1n) is 5.19. The molecule has 0 aliphatic rings. The average molecular weight is 204 g/mol. The lowest BCUT2D eigenvalue weighted by Gasteiger charge is -2.17. The van der Waals surface area contributed by atoms with E-state index in [0.717, 1.165) is 32.8 Å². The summed E-state index contributed by atoms with van der Waals surface area (Å²) in [7, 11) is 3.80. The Bertz CT molecular complexity index is 123. The lowest BCUT2D eigenvalue weighted by atomic mass is 10.2. The second-order valence-corrected chi connectivity index (χ2v) is 3.79. The van der Waals surface area contributed by atoms with Gasteiger partial charge in [-0.15, -0.1) is 0 Å². The fourth-order valence-corrected chi connectivity index (χ4v) is 1.04.